The largest absolute Gasteiger partial charge is 0.507 e. The molecule has 3 aromatic rings. The topological polar surface area (TPSA) is 120 Å². The predicted octanol–water partition coefficient (Wildman–Crippen LogP) is 2.55. The van der Waals surface area contributed by atoms with Gasteiger partial charge in [-0.05, 0) is 79.5 Å². The van der Waals surface area contributed by atoms with Gasteiger partial charge in [-0.2, -0.15) is 0 Å². The van der Waals surface area contributed by atoms with Crippen LogP contribution in [0.5, 0.6) is 11.5 Å². The highest BCUT2D eigenvalue weighted by Gasteiger charge is 2.26. The first-order valence-corrected chi connectivity index (χ1v) is 14.0. The van der Waals surface area contributed by atoms with Gasteiger partial charge in [0, 0.05) is 70.2 Å². The molecule has 1 aromatic heterocycles. The van der Waals surface area contributed by atoms with E-state index >= 15 is 0 Å². The van der Waals surface area contributed by atoms with Crippen molar-refractivity contribution in [2.24, 2.45) is 5.92 Å². The average Bonchev–Trinajstić information content (AvgIpc) is 3.43. The number of piperidine rings is 1. The Hall–Kier alpha value is -3.54. The van der Waals surface area contributed by atoms with Gasteiger partial charge in [-0.15, -0.1) is 5.10 Å². The van der Waals surface area contributed by atoms with Crippen LogP contribution in [0.3, 0.4) is 0 Å². The summed E-state index contributed by atoms with van der Waals surface area (Å²) in [5.41, 5.74) is 2.12. The second-order valence-electron chi connectivity index (χ2n) is 10.9. The molecule has 0 aliphatic carbocycles. The van der Waals surface area contributed by atoms with Crippen molar-refractivity contribution in [3.63, 3.8) is 0 Å². The molecule has 214 valence electrons. The fraction of sp³-hybridized carbons (Fsp3) is 0.517. The Bertz CT molecular complexity index is 1300. The Labute approximate surface area is 234 Å². The number of aromatic hydroxyl groups is 2. The third-order valence-corrected chi connectivity index (χ3v) is 8.04. The van der Waals surface area contributed by atoms with Gasteiger partial charge in [0.2, 0.25) is 0 Å². The summed E-state index contributed by atoms with van der Waals surface area (Å²) in [6.07, 6.45) is 3.20. The Morgan fingerprint density at radius 3 is 2.50 bits per heavy atom. The van der Waals surface area contributed by atoms with Crippen LogP contribution in [0, 0.1) is 5.92 Å². The van der Waals surface area contributed by atoms with Crippen LogP contribution in [0.25, 0.3) is 22.5 Å². The van der Waals surface area contributed by atoms with Crippen molar-refractivity contribution < 1.29 is 19.7 Å². The molecule has 1 amide bonds. The molecule has 5 rings (SSSR count). The SMILES string of the molecule is COCCCn1nnnc1-c1cc(-c2cccc(C(=O)N3CCN(CC4CCN(C)CC4)CC3)c2)c(O)cc1O. The van der Waals surface area contributed by atoms with Gasteiger partial charge in [0.25, 0.3) is 5.91 Å². The molecule has 2 aliphatic rings. The maximum Gasteiger partial charge on any atom is 0.253 e. The number of hydrogen-bond donors (Lipinski definition) is 2. The first kappa shape index (κ1) is 28.0. The molecular formula is C29H39N7O4. The summed E-state index contributed by atoms with van der Waals surface area (Å²) in [4.78, 5) is 20.2. The molecule has 11 heteroatoms. The molecule has 11 nitrogen and oxygen atoms in total. The quantitative estimate of drug-likeness (QED) is 0.388. The summed E-state index contributed by atoms with van der Waals surface area (Å²) in [7, 11) is 3.82. The Balaban J connectivity index is 1.28. The van der Waals surface area contributed by atoms with E-state index in [4.69, 9.17) is 4.74 Å². The zero-order valence-corrected chi connectivity index (χ0v) is 23.4. The van der Waals surface area contributed by atoms with Crippen molar-refractivity contribution >= 4 is 5.91 Å². The molecule has 2 saturated heterocycles. The molecule has 0 radical (unpaired) electrons. The summed E-state index contributed by atoms with van der Waals surface area (Å²) in [6, 6.07) is 10.2. The molecule has 0 bridgehead atoms. The lowest BCUT2D eigenvalue weighted by Crippen LogP contribution is -2.50. The molecule has 0 saturated carbocycles. The van der Waals surface area contributed by atoms with Gasteiger partial charge in [-0.3, -0.25) is 9.69 Å². The van der Waals surface area contributed by atoms with Crippen LogP contribution >= 0.6 is 0 Å². The molecule has 3 heterocycles. The fourth-order valence-corrected chi connectivity index (χ4v) is 5.64. The predicted molar refractivity (Wildman–Crippen MR) is 151 cm³/mol. The summed E-state index contributed by atoms with van der Waals surface area (Å²) < 4.78 is 6.71. The summed E-state index contributed by atoms with van der Waals surface area (Å²) in [5.74, 6) is 0.899. The fourth-order valence-electron chi connectivity index (χ4n) is 5.64. The minimum Gasteiger partial charge on any atom is -0.507 e. The van der Waals surface area contributed by atoms with Crippen molar-refractivity contribution in [3.05, 3.63) is 42.0 Å². The number of piperazine rings is 1. The third-order valence-electron chi connectivity index (χ3n) is 8.04. The zero-order chi connectivity index (χ0) is 28.1. The number of ether oxygens (including phenoxy) is 1. The number of aryl methyl sites for hydroxylation is 1. The number of phenols is 2. The van der Waals surface area contributed by atoms with E-state index in [1.165, 1.54) is 32.0 Å². The highest BCUT2D eigenvalue weighted by molar-refractivity contribution is 5.96. The lowest BCUT2D eigenvalue weighted by atomic mass is 9.96. The van der Waals surface area contributed by atoms with Gasteiger partial charge >= 0.3 is 0 Å². The Morgan fingerprint density at radius 1 is 1.00 bits per heavy atom. The van der Waals surface area contributed by atoms with Crippen molar-refractivity contribution in [3.8, 4) is 34.0 Å². The lowest BCUT2D eigenvalue weighted by Gasteiger charge is -2.38. The number of carbonyl (C=O) groups is 1. The standard InChI is InChI=1S/C29H39N7O4/c1-33-10-7-21(8-11-33)20-34-12-14-35(15-13-34)29(39)23-6-3-5-22(17-23)24-18-25(27(38)19-26(24)37)28-30-31-32-36(28)9-4-16-40-2/h3,5-6,17-19,21,37-38H,4,7-16,20H2,1-2H3. The lowest BCUT2D eigenvalue weighted by molar-refractivity contribution is 0.0594. The molecule has 0 atom stereocenters. The average molecular weight is 550 g/mol. The maximum atomic E-state index is 13.4. The number of benzene rings is 2. The summed E-state index contributed by atoms with van der Waals surface area (Å²) >= 11 is 0. The van der Waals surface area contributed by atoms with Crippen LogP contribution in [0.4, 0.5) is 0 Å². The first-order chi connectivity index (χ1) is 19.4. The maximum absolute atomic E-state index is 13.4. The minimum atomic E-state index is -0.130. The normalized spacial score (nSPS) is 17.4. The van der Waals surface area contributed by atoms with E-state index in [0.717, 1.165) is 25.6 Å². The van der Waals surface area contributed by atoms with Crippen molar-refractivity contribution in [2.45, 2.75) is 25.8 Å². The number of methoxy groups -OCH3 is 1. The molecule has 40 heavy (non-hydrogen) atoms. The number of phenolic OH excluding ortho intramolecular Hbond substituents is 2. The van der Waals surface area contributed by atoms with E-state index in [1.807, 2.05) is 23.1 Å². The molecular weight excluding hydrogens is 510 g/mol. The highest BCUT2D eigenvalue weighted by Crippen LogP contribution is 2.39. The van der Waals surface area contributed by atoms with Gasteiger partial charge in [-0.25, -0.2) is 4.68 Å². The molecule has 2 N–H and O–H groups in total. The second-order valence-corrected chi connectivity index (χ2v) is 10.9. The third kappa shape index (κ3) is 6.43. The number of nitrogens with zero attached hydrogens (tertiary/aromatic N) is 7. The summed E-state index contributed by atoms with van der Waals surface area (Å²) in [6.45, 7) is 7.71. The zero-order valence-electron chi connectivity index (χ0n) is 23.4. The summed E-state index contributed by atoms with van der Waals surface area (Å²) in [5, 5.41) is 33.2. The van der Waals surface area contributed by atoms with Crippen LogP contribution < -0.4 is 0 Å². The van der Waals surface area contributed by atoms with Crippen LogP contribution in [-0.4, -0.2) is 118 Å². The van der Waals surface area contributed by atoms with Crippen LogP contribution in [-0.2, 0) is 11.3 Å². The van der Waals surface area contributed by atoms with Crippen LogP contribution in [0.2, 0.25) is 0 Å². The number of aromatic nitrogens is 4. The number of hydrogen-bond acceptors (Lipinski definition) is 9. The van der Waals surface area contributed by atoms with E-state index in [2.05, 4.69) is 32.4 Å². The number of rotatable bonds is 9. The monoisotopic (exact) mass is 549 g/mol. The van der Waals surface area contributed by atoms with E-state index in [1.54, 1.807) is 23.9 Å². The van der Waals surface area contributed by atoms with Crippen molar-refractivity contribution in [1.29, 1.82) is 0 Å². The number of carbonyl (C=O) groups excluding carboxylic acids is 1. The molecule has 2 aromatic carbocycles. The smallest absolute Gasteiger partial charge is 0.253 e. The van der Waals surface area contributed by atoms with E-state index in [9.17, 15) is 15.0 Å². The van der Waals surface area contributed by atoms with Gasteiger partial charge in [0.1, 0.15) is 11.5 Å². The van der Waals surface area contributed by atoms with Crippen LogP contribution in [0.15, 0.2) is 36.4 Å². The first-order valence-electron chi connectivity index (χ1n) is 14.0. The van der Waals surface area contributed by atoms with E-state index in [0.29, 0.717) is 60.7 Å². The van der Waals surface area contributed by atoms with Crippen molar-refractivity contribution in [2.75, 3.05) is 66.6 Å². The number of tetrazole rings is 1. The molecule has 2 aliphatic heterocycles. The highest BCUT2D eigenvalue weighted by atomic mass is 16.5. The number of likely N-dealkylation sites (tertiary alicyclic amines) is 1. The van der Waals surface area contributed by atoms with Gasteiger partial charge in [0.05, 0.1) is 5.56 Å². The van der Waals surface area contributed by atoms with Crippen molar-refractivity contribution in [1.82, 2.24) is 34.9 Å². The Kier molecular flexibility index (Phi) is 8.93. The van der Waals surface area contributed by atoms with E-state index < -0.39 is 0 Å². The van der Waals surface area contributed by atoms with Gasteiger partial charge in [-0.1, -0.05) is 12.1 Å². The second kappa shape index (κ2) is 12.8. The Morgan fingerprint density at radius 2 is 1.75 bits per heavy atom. The molecule has 2 fully saturated rings. The van der Waals surface area contributed by atoms with Gasteiger partial charge in [0.15, 0.2) is 5.82 Å². The van der Waals surface area contributed by atoms with Crippen LogP contribution in [0.1, 0.15) is 29.6 Å². The van der Waals surface area contributed by atoms with Gasteiger partial charge < -0.3 is 24.7 Å². The molecule has 0 unspecified atom stereocenters. The molecule has 0 spiro atoms. The number of amides is 1. The minimum absolute atomic E-state index is 0.0126. The van der Waals surface area contributed by atoms with E-state index in [-0.39, 0.29) is 17.4 Å².